The van der Waals surface area contributed by atoms with Gasteiger partial charge in [0.15, 0.2) is 5.96 Å². The summed E-state index contributed by atoms with van der Waals surface area (Å²) in [4.78, 5) is 15.8. The van der Waals surface area contributed by atoms with Crippen molar-refractivity contribution in [1.29, 1.82) is 0 Å². The number of guanidine groups is 1. The molecule has 3 N–H and O–H groups in total. The number of halogens is 1. The van der Waals surface area contributed by atoms with Gasteiger partial charge in [-0.3, -0.25) is 9.79 Å². The molecule has 0 bridgehead atoms. The van der Waals surface area contributed by atoms with E-state index in [0.29, 0.717) is 12.5 Å². The van der Waals surface area contributed by atoms with Gasteiger partial charge < -0.3 is 24.9 Å². The molecule has 0 atom stereocenters. The van der Waals surface area contributed by atoms with E-state index < -0.39 is 0 Å². The number of hydrogen-bond donors (Lipinski definition) is 3. The number of nitrogens with zero attached hydrogens (tertiary/aromatic N) is 2. The van der Waals surface area contributed by atoms with Crippen molar-refractivity contribution in [3.05, 3.63) is 48.7 Å². The van der Waals surface area contributed by atoms with Gasteiger partial charge in [-0.15, -0.1) is 24.0 Å². The summed E-state index contributed by atoms with van der Waals surface area (Å²) in [7, 11) is 1.67. The Kier molecular flexibility index (Phi) is 8.88. The van der Waals surface area contributed by atoms with Crippen molar-refractivity contribution in [2.75, 3.05) is 20.1 Å². The van der Waals surface area contributed by atoms with Crippen LogP contribution in [0, 0.1) is 0 Å². The van der Waals surface area contributed by atoms with E-state index in [4.69, 9.17) is 4.42 Å². The molecule has 2 aromatic heterocycles. The molecule has 0 saturated heterocycles. The van der Waals surface area contributed by atoms with Crippen molar-refractivity contribution < 1.29 is 9.21 Å². The average molecular weight is 431 g/mol. The molecular formula is C15H22IN5O2. The van der Waals surface area contributed by atoms with Crippen LogP contribution >= 0.6 is 24.0 Å². The van der Waals surface area contributed by atoms with E-state index in [1.807, 2.05) is 30.6 Å². The van der Waals surface area contributed by atoms with E-state index in [0.717, 1.165) is 18.8 Å². The van der Waals surface area contributed by atoms with Crippen molar-refractivity contribution in [2.45, 2.75) is 13.1 Å². The van der Waals surface area contributed by atoms with Gasteiger partial charge in [0.2, 0.25) is 5.91 Å². The zero-order valence-corrected chi connectivity index (χ0v) is 15.3. The van der Waals surface area contributed by atoms with Crippen LogP contribution in [-0.2, 0) is 17.9 Å². The van der Waals surface area contributed by atoms with E-state index in [9.17, 15) is 4.79 Å². The van der Waals surface area contributed by atoms with E-state index in [-0.39, 0.29) is 36.4 Å². The third-order valence-corrected chi connectivity index (χ3v) is 3.01. The first-order valence-corrected chi connectivity index (χ1v) is 7.12. The van der Waals surface area contributed by atoms with Crippen LogP contribution in [0.1, 0.15) is 5.76 Å². The van der Waals surface area contributed by atoms with Gasteiger partial charge in [-0.2, -0.15) is 0 Å². The highest BCUT2D eigenvalue weighted by Crippen LogP contribution is 1.97. The SMILES string of the molecule is CN=C(NCCn1cccc1)NCC(=O)NCc1ccco1.I. The minimum Gasteiger partial charge on any atom is -0.467 e. The Balaban J connectivity index is 0.00000264. The maximum absolute atomic E-state index is 11.7. The summed E-state index contributed by atoms with van der Waals surface area (Å²) < 4.78 is 7.21. The number of carbonyl (C=O) groups excluding carboxylic acids is 1. The largest absolute Gasteiger partial charge is 0.467 e. The number of aliphatic imine (C=N–C) groups is 1. The molecule has 2 aromatic rings. The van der Waals surface area contributed by atoms with Gasteiger partial charge in [-0.1, -0.05) is 0 Å². The van der Waals surface area contributed by atoms with Crippen molar-refractivity contribution in [3.63, 3.8) is 0 Å². The third kappa shape index (κ3) is 7.22. The summed E-state index contributed by atoms with van der Waals surface area (Å²) in [5.74, 6) is 1.20. The predicted molar refractivity (Wildman–Crippen MR) is 99.8 cm³/mol. The highest BCUT2D eigenvalue weighted by atomic mass is 127. The van der Waals surface area contributed by atoms with Crippen molar-refractivity contribution in [3.8, 4) is 0 Å². The molecule has 0 unspecified atom stereocenters. The van der Waals surface area contributed by atoms with Crippen LogP contribution < -0.4 is 16.0 Å². The molecule has 0 aliphatic carbocycles. The normalized spacial score (nSPS) is 10.7. The van der Waals surface area contributed by atoms with Gasteiger partial charge in [-0.05, 0) is 24.3 Å². The number of rotatable bonds is 7. The Morgan fingerprint density at radius 2 is 2.00 bits per heavy atom. The highest BCUT2D eigenvalue weighted by molar-refractivity contribution is 14.0. The Labute approximate surface area is 152 Å². The van der Waals surface area contributed by atoms with Gasteiger partial charge in [-0.25, -0.2) is 0 Å². The van der Waals surface area contributed by atoms with Crippen molar-refractivity contribution in [1.82, 2.24) is 20.5 Å². The van der Waals surface area contributed by atoms with Crippen molar-refractivity contribution >= 4 is 35.8 Å². The standard InChI is InChI=1S/C15H21N5O2.HI/c1-16-15(17-6-9-20-7-2-3-8-20)19-12-14(21)18-11-13-5-4-10-22-13;/h2-5,7-8,10H,6,9,11-12H2,1H3,(H,18,21)(H2,16,17,19);1H. The Hall–Kier alpha value is -1.97. The Bertz CT molecular complexity index is 581. The number of amides is 1. The molecule has 0 aromatic carbocycles. The molecule has 2 heterocycles. The number of furan rings is 1. The Morgan fingerprint density at radius 3 is 2.65 bits per heavy atom. The minimum absolute atomic E-state index is 0. The molecule has 0 aliphatic heterocycles. The molecule has 126 valence electrons. The summed E-state index contributed by atoms with van der Waals surface area (Å²) >= 11 is 0. The molecular weight excluding hydrogens is 409 g/mol. The van der Waals surface area contributed by atoms with E-state index in [2.05, 4.69) is 25.5 Å². The molecule has 1 amide bonds. The molecule has 2 rings (SSSR count). The monoisotopic (exact) mass is 431 g/mol. The third-order valence-electron chi connectivity index (χ3n) is 3.01. The summed E-state index contributed by atoms with van der Waals surface area (Å²) in [6.07, 6.45) is 5.58. The molecule has 0 radical (unpaired) electrons. The van der Waals surface area contributed by atoms with E-state index >= 15 is 0 Å². The minimum atomic E-state index is -0.121. The molecule has 0 spiro atoms. The maximum atomic E-state index is 11.7. The summed E-state index contributed by atoms with van der Waals surface area (Å²) in [5.41, 5.74) is 0. The quantitative estimate of drug-likeness (QED) is 0.349. The predicted octanol–water partition coefficient (Wildman–Crippen LogP) is 1.18. The maximum Gasteiger partial charge on any atom is 0.239 e. The molecule has 0 fully saturated rings. The lowest BCUT2D eigenvalue weighted by atomic mass is 10.4. The smallest absolute Gasteiger partial charge is 0.239 e. The van der Waals surface area contributed by atoms with E-state index in [1.165, 1.54) is 0 Å². The van der Waals surface area contributed by atoms with Crippen LogP contribution in [0.15, 0.2) is 52.3 Å². The fourth-order valence-electron chi connectivity index (χ4n) is 1.87. The number of hydrogen-bond acceptors (Lipinski definition) is 3. The number of aromatic nitrogens is 1. The van der Waals surface area contributed by atoms with Gasteiger partial charge >= 0.3 is 0 Å². The lowest BCUT2D eigenvalue weighted by Gasteiger charge is -2.12. The number of nitrogens with one attached hydrogen (secondary N) is 3. The van der Waals surface area contributed by atoms with Gasteiger partial charge in [0.1, 0.15) is 5.76 Å². The highest BCUT2D eigenvalue weighted by Gasteiger charge is 2.04. The van der Waals surface area contributed by atoms with Gasteiger partial charge in [0.05, 0.1) is 19.4 Å². The zero-order chi connectivity index (χ0) is 15.6. The molecule has 0 saturated carbocycles. The molecule has 7 nitrogen and oxygen atoms in total. The molecule has 23 heavy (non-hydrogen) atoms. The van der Waals surface area contributed by atoms with Crippen molar-refractivity contribution in [2.24, 2.45) is 4.99 Å². The summed E-state index contributed by atoms with van der Waals surface area (Å²) in [5, 5.41) is 8.88. The second-order valence-corrected chi connectivity index (χ2v) is 4.63. The van der Waals surface area contributed by atoms with Crippen LogP contribution in [-0.4, -0.2) is 36.6 Å². The summed E-state index contributed by atoms with van der Waals surface area (Å²) in [6, 6.07) is 7.57. The first-order chi connectivity index (χ1) is 10.8. The number of carbonyl (C=O) groups is 1. The van der Waals surface area contributed by atoms with Crippen LogP contribution in [0.25, 0.3) is 0 Å². The molecule has 0 aliphatic rings. The zero-order valence-electron chi connectivity index (χ0n) is 13.0. The first-order valence-electron chi connectivity index (χ1n) is 7.12. The van der Waals surface area contributed by atoms with E-state index in [1.54, 1.807) is 19.4 Å². The van der Waals surface area contributed by atoms with Crippen LogP contribution in [0.3, 0.4) is 0 Å². The lowest BCUT2D eigenvalue weighted by molar-refractivity contribution is -0.120. The second-order valence-electron chi connectivity index (χ2n) is 4.63. The van der Waals surface area contributed by atoms with Gasteiger partial charge in [0.25, 0.3) is 0 Å². The molecule has 8 heteroatoms. The van der Waals surface area contributed by atoms with Gasteiger partial charge in [0, 0.05) is 32.5 Å². The van der Waals surface area contributed by atoms with Crippen LogP contribution in [0.5, 0.6) is 0 Å². The fourth-order valence-corrected chi connectivity index (χ4v) is 1.87. The topological polar surface area (TPSA) is 83.6 Å². The van der Waals surface area contributed by atoms with Crippen LogP contribution in [0.4, 0.5) is 0 Å². The summed E-state index contributed by atoms with van der Waals surface area (Å²) in [6.45, 7) is 2.10. The Morgan fingerprint density at radius 1 is 1.22 bits per heavy atom. The fraction of sp³-hybridized carbons (Fsp3) is 0.333. The second kappa shape index (κ2) is 10.7. The average Bonchev–Trinajstić information content (AvgIpc) is 3.21. The first kappa shape index (κ1) is 19.1. The lowest BCUT2D eigenvalue weighted by Crippen LogP contribution is -2.43. The van der Waals surface area contributed by atoms with Crippen LogP contribution in [0.2, 0.25) is 0 Å².